The van der Waals surface area contributed by atoms with Gasteiger partial charge < -0.3 is 10.4 Å². The molecule has 6 heteroatoms. The molecule has 0 saturated heterocycles. The largest absolute Gasteiger partial charge is 0.508 e. The zero-order valence-electron chi connectivity index (χ0n) is 21.2. The van der Waals surface area contributed by atoms with Gasteiger partial charge in [-0.3, -0.25) is 19.0 Å². The molecule has 0 spiro atoms. The number of rotatable bonds is 4. The van der Waals surface area contributed by atoms with Gasteiger partial charge >= 0.3 is 0 Å². The number of carbonyl (C=O) groups excluding carboxylic acids is 2. The van der Waals surface area contributed by atoms with E-state index in [4.69, 9.17) is 0 Å². The summed E-state index contributed by atoms with van der Waals surface area (Å²) in [5.41, 5.74) is 3.78. The zero-order chi connectivity index (χ0) is 25.7. The van der Waals surface area contributed by atoms with Crippen molar-refractivity contribution < 1.29 is 14.7 Å². The number of amides is 1. The maximum absolute atomic E-state index is 13.7. The van der Waals surface area contributed by atoms with Crippen LogP contribution in [0.1, 0.15) is 83.1 Å². The second kappa shape index (κ2) is 8.84. The second-order valence-corrected chi connectivity index (χ2v) is 10.7. The minimum absolute atomic E-state index is 0.0507. The molecule has 0 fully saturated rings. The number of phenols is 1. The third-order valence-corrected chi connectivity index (χ3v) is 6.67. The molecule has 1 amide bonds. The summed E-state index contributed by atoms with van der Waals surface area (Å²) < 4.78 is 1.52. The highest BCUT2D eigenvalue weighted by atomic mass is 16.3. The number of benzene rings is 2. The third kappa shape index (κ3) is 4.65. The van der Waals surface area contributed by atoms with Crippen LogP contribution in [0.15, 0.2) is 47.3 Å². The van der Waals surface area contributed by atoms with Crippen LogP contribution in [0, 0.1) is 19.3 Å². The first kappa shape index (κ1) is 24.5. The molecule has 0 atom stereocenters. The van der Waals surface area contributed by atoms with Crippen molar-refractivity contribution in [3.63, 3.8) is 0 Å². The van der Waals surface area contributed by atoms with E-state index in [2.05, 4.69) is 5.32 Å². The van der Waals surface area contributed by atoms with Crippen LogP contribution in [0.4, 0.5) is 5.69 Å². The summed E-state index contributed by atoms with van der Waals surface area (Å²) in [6, 6.07) is 12.3. The van der Waals surface area contributed by atoms with Gasteiger partial charge in [0, 0.05) is 29.1 Å². The topological polar surface area (TPSA) is 88.4 Å². The molecule has 35 heavy (non-hydrogen) atoms. The van der Waals surface area contributed by atoms with Crippen LogP contribution in [0.25, 0.3) is 5.69 Å². The average molecular weight is 473 g/mol. The van der Waals surface area contributed by atoms with E-state index >= 15 is 0 Å². The minimum Gasteiger partial charge on any atom is -0.508 e. The number of ketones is 1. The van der Waals surface area contributed by atoms with Crippen molar-refractivity contribution in [2.24, 2.45) is 5.41 Å². The Morgan fingerprint density at radius 3 is 2.31 bits per heavy atom. The summed E-state index contributed by atoms with van der Waals surface area (Å²) in [6.45, 7) is 11.7. The van der Waals surface area contributed by atoms with Gasteiger partial charge in [-0.2, -0.15) is 0 Å². The molecule has 4 rings (SSSR count). The van der Waals surface area contributed by atoms with E-state index in [1.54, 1.807) is 19.1 Å². The fourth-order valence-corrected chi connectivity index (χ4v) is 4.74. The monoisotopic (exact) mass is 472 g/mol. The van der Waals surface area contributed by atoms with Crippen molar-refractivity contribution in [3.05, 3.63) is 86.3 Å². The van der Waals surface area contributed by atoms with Crippen LogP contribution in [-0.4, -0.2) is 21.4 Å². The molecule has 2 N–H and O–H groups in total. The predicted octanol–water partition coefficient (Wildman–Crippen LogP) is 5.69. The van der Waals surface area contributed by atoms with E-state index in [1.807, 2.05) is 58.9 Å². The van der Waals surface area contributed by atoms with Crippen LogP contribution in [-0.2, 0) is 6.42 Å². The summed E-state index contributed by atoms with van der Waals surface area (Å²) in [5.74, 6) is -0.442. The first-order valence-electron chi connectivity index (χ1n) is 11.9. The van der Waals surface area contributed by atoms with Gasteiger partial charge in [-0.05, 0) is 73.1 Å². The quantitative estimate of drug-likeness (QED) is 0.478. The maximum Gasteiger partial charge on any atom is 0.268 e. The van der Waals surface area contributed by atoms with Gasteiger partial charge in [0.15, 0.2) is 5.78 Å². The molecule has 1 aliphatic carbocycles. The van der Waals surface area contributed by atoms with E-state index in [1.165, 1.54) is 10.6 Å². The Kier molecular flexibility index (Phi) is 6.18. The van der Waals surface area contributed by atoms with Gasteiger partial charge in [0.2, 0.25) is 0 Å². The molecule has 0 bridgehead atoms. The number of aromatic hydroxyl groups is 1. The van der Waals surface area contributed by atoms with Crippen LogP contribution >= 0.6 is 0 Å². The SMILES string of the molecule is Cc1ccc(-n2c3c(cc(C(=O)Nc4cc(C(C)C)c(O)cc4C)c2=O)C(=O)CC(C)(C)C3)cc1. The third-order valence-electron chi connectivity index (χ3n) is 6.67. The summed E-state index contributed by atoms with van der Waals surface area (Å²) >= 11 is 0. The molecule has 0 aliphatic heterocycles. The lowest BCUT2D eigenvalue weighted by Gasteiger charge is -2.32. The van der Waals surface area contributed by atoms with E-state index < -0.39 is 11.5 Å². The fourth-order valence-electron chi connectivity index (χ4n) is 4.74. The van der Waals surface area contributed by atoms with Gasteiger partial charge in [0.05, 0.1) is 0 Å². The zero-order valence-corrected chi connectivity index (χ0v) is 21.2. The van der Waals surface area contributed by atoms with Crippen LogP contribution in [0.5, 0.6) is 5.75 Å². The van der Waals surface area contributed by atoms with Crippen molar-refractivity contribution in [1.29, 1.82) is 0 Å². The van der Waals surface area contributed by atoms with Gasteiger partial charge in [-0.15, -0.1) is 0 Å². The molecular formula is C29H32N2O4. The van der Waals surface area contributed by atoms with Crippen LogP contribution < -0.4 is 10.9 Å². The molecule has 1 heterocycles. The molecule has 182 valence electrons. The number of nitrogens with one attached hydrogen (secondary N) is 1. The van der Waals surface area contributed by atoms with Crippen molar-refractivity contribution in [3.8, 4) is 11.4 Å². The average Bonchev–Trinajstić information content (AvgIpc) is 2.75. The first-order valence-corrected chi connectivity index (χ1v) is 11.9. The number of anilines is 1. The van der Waals surface area contributed by atoms with Gasteiger partial charge in [0.1, 0.15) is 11.3 Å². The number of pyridine rings is 1. The number of aromatic nitrogens is 1. The lowest BCUT2D eigenvalue weighted by molar-refractivity contribution is 0.0908. The minimum atomic E-state index is -0.584. The van der Waals surface area contributed by atoms with Crippen LogP contribution in [0.3, 0.4) is 0 Å². The number of fused-ring (bicyclic) bond motifs is 1. The summed E-state index contributed by atoms with van der Waals surface area (Å²) in [6.07, 6.45) is 0.899. The van der Waals surface area contributed by atoms with E-state index in [-0.39, 0.29) is 28.4 Å². The molecule has 0 saturated carbocycles. The molecule has 6 nitrogen and oxygen atoms in total. The number of carbonyl (C=O) groups is 2. The number of aryl methyl sites for hydroxylation is 2. The lowest BCUT2D eigenvalue weighted by atomic mass is 9.75. The second-order valence-electron chi connectivity index (χ2n) is 10.7. The van der Waals surface area contributed by atoms with E-state index in [0.717, 1.165) is 5.56 Å². The van der Waals surface area contributed by atoms with Crippen molar-refractivity contribution in [1.82, 2.24) is 4.57 Å². The van der Waals surface area contributed by atoms with E-state index in [9.17, 15) is 19.5 Å². The van der Waals surface area contributed by atoms with Gasteiger partial charge in [-0.25, -0.2) is 0 Å². The number of nitrogens with zero attached hydrogens (tertiary/aromatic N) is 1. The summed E-state index contributed by atoms with van der Waals surface area (Å²) in [5, 5.41) is 13.1. The number of Topliss-reactive ketones (excluding diaryl/α,β-unsaturated/α-hetero) is 1. The Morgan fingerprint density at radius 1 is 1.03 bits per heavy atom. The Hall–Kier alpha value is -3.67. The highest BCUT2D eigenvalue weighted by Crippen LogP contribution is 2.36. The molecule has 1 aromatic heterocycles. The highest BCUT2D eigenvalue weighted by Gasteiger charge is 2.35. The Morgan fingerprint density at radius 2 is 1.69 bits per heavy atom. The van der Waals surface area contributed by atoms with Crippen molar-refractivity contribution >= 4 is 17.4 Å². The highest BCUT2D eigenvalue weighted by molar-refractivity contribution is 6.07. The van der Waals surface area contributed by atoms with Gasteiger partial charge in [0.25, 0.3) is 11.5 Å². The smallest absolute Gasteiger partial charge is 0.268 e. The molecule has 1 aliphatic rings. The maximum atomic E-state index is 13.7. The number of hydrogen-bond acceptors (Lipinski definition) is 4. The summed E-state index contributed by atoms with van der Waals surface area (Å²) in [4.78, 5) is 40.3. The molecule has 3 aromatic rings. The lowest BCUT2D eigenvalue weighted by Crippen LogP contribution is -2.37. The normalized spacial score (nSPS) is 14.7. The predicted molar refractivity (Wildman–Crippen MR) is 138 cm³/mol. The molecular weight excluding hydrogens is 440 g/mol. The fraction of sp³-hybridized carbons (Fsp3) is 0.345. The Balaban J connectivity index is 1.87. The standard InChI is InChI=1S/C29H32N2O4/c1-16(2)20-13-23(18(4)11-25(20)32)30-27(34)22-12-21-24(14-29(5,6)15-26(21)33)31(28(22)35)19-9-7-17(3)8-10-19/h7-13,16,32H,14-15H2,1-6H3,(H,30,34). The van der Waals surface area contributed by atoms with E-state index in [0.29, 0.717) is 46.6 Å². The summed E-state index contributed by atoms with van der Waals surface area (Å²) in [7, 11) is 0. The molecule has 0 unspecified atom stereocenters. The number of hydrogen-bond donors (Lipinski definition) is 2. The van der Waals surface area contributed by atoms with Gasteiger partial charge in [-0.1, -0.05) is 45.4 Å². The Bertz CT molecular complexity index is 1400. The number of phenolic OH excluding ortho intramolecular Hbond substituents is 1. The Labute approximate surface area is 205 Å². The first-order chi connectivity index (χ1) is 16.4. The molecule has 2 aromatic carbocycles. The van der Waals surface area contributed by atoms with Crippen molar-refractivity contribution in [2.45, 2.75) is 60.3 Å². The van der Waals surface area contributed by atoms with Crippen molar-refractivity contribution in [2.75, 3.05) is 5.32 Å². The van der Waals surface area contributed by atoms with Crippen LogP contribution in [0.2, 0.25) is 0 Å². The molecule has 0 radical (unpaired) electrons.